The Morgan fingerprint density at radius 3 is 2.42 bits per heavy atom. The van der Waals surface area contributed by atoms with Crippen molar-refractivity contribution in [1.82, 2.24) is 0 Å². The number of carbonyl (C=O) groups excluding carboxylic acids is 1. The third-order valence-corrected chi connectivity index (χ3v) is 6.29. The summed E-state index contributed by atoms with van der Waals surface area (Å²) in [5.74, 6) is -1.25. The van der Waals surface area contributed by atoms with Crippen LogP contribution in [0.25, 0.3) is 5.57 Å². The predicted octanol–water partition coefficient (Wildman–Crippen LogP) is 2.06. The Morgan fingerprint density at radius 1 is 0.968 bits per heavy atom. The monoisotopic (exact) mass is 426 g/mol. The minimum atomic E-state index is -1.39. The molecule has 3 unspecified atom stereocenters. The first kappa shape index (κ1) is 21.4. The summed E-state index contributed by atoms with van der Waals surface area (Å²) in [5.41, 5.74) is 3.16. The Bertz CT molecular complexity index is 1060. The van der Waals surface area contributed by atoms with E-state index in [2.05, 4.69) is 0 Å². The molecule has 1 saturated carbocycles. The maximum Gasteiger partial charge on any atom is 0.228 e. The number of carbonyl (C=O) groups is 1. The highest BCUT2D eigenvalue weighted by Crippen LogP contribution is 2.39. The molecule has 2 aromatic rings. The van der Waals surface area contributed by atoms with Crippen LogP contribution in [-0.2, 0) is 11.2 Å². The molecular weight excluding hydrogens is 400 g/mol. The molecule has 5 atom stereocenters. The molecule has 0 aliphatic heterocycles. The van der Waals surface area contributed by atoms with Gasteiger partial charge >= 0.3 is 0 Å². The van der Waals surface area contributed by atoms with Crippen LogP contribution in [0.5, 0.6) is 11.5 Å². The van der Waals surface area contributed by atoms with Crippen LogP contribution in [0.3, 0.4) is 0 Å². The second-order valence-electron chi connectivity index (χ2n) is 8.47. The number of hydrogen-bond donors (Lipinski definition) is 5. The molecule has 2 aliphatic rings. The smallest absolute Gasteiger partial charge is 0.228 e. The summed E-state index contributed by atoms with van der Waals surface area (Å²) in [4.78, 5) is 13.5. The molecule has 31 heavy (non-hydrogen) atoms. The van der Waals surface area contributed by atoms with Crippen LogP contribution in [0, 0.1) is 12.8 Å². The number of Topliss-reactive ketones (excluding diaryl/α,β-unsaturated/α-hetero) is 1. The maximum atomic E-state index is 13.5. The van der Waals surface area contributed by atoms with Gasteiger partial charge in [0.15, 0.2) is 17.3 Å². The van der Waals surface area contributed by atoms with Crippen molar-refractivity contribution < 1.29 is 35.1 Å². The summed E-state index contributed by atoms with van der Waals surface area (Å²) >= 11 is 0. The number of hydrogen-bond acceptors (Lipinski definition) is 7. The largest absolute Gasteiger partial charge is 0.504 e. The third kappa shape index (κ3) is 3.69. The molecule has 0 heterocycles. The standard InChI is InChI=1S/C24H26O7/c1-11-4-3-5-14-9-15(13-6-7-16(25)17(26)10-13)24(22(29)19(11)14)31-18-8-12(2)20(27)23(30)21(18)28/h3-7,10,12,18,20-21,23,25-28,30H,8-9H2,1-2H3/t12?,18?,20-,21+,23?/m1/s1. The summed E-state index contributed by atoms with van der Waals surface area (Å²) in [6, 6.07) is 9.84. The normalized spacial score (nSPS) is 28.4. The van der Waals surface area contributed by atoms with Gasteiger partial charge < -0.3 is 30.3 Å². The summed E-state index contributed by atoms with van der Waals surface area (Å²) in [7, 11) is 0. The van der Waals surface area contributed by atoms with Crippen LogP contribution in [0.4, 0.5) is 0 Å². The SMILES string of the molecule is Cc1cccc2c1C(=O)C(OC1CC(C)[C@@H](O)C(O)[C@H]1O)=C(c1ccc(O)c(O)c1)C2. The van der Waals surface area contributed by atoms with E-state index in [0.717, 1.165) is 11.1 Å². The summed E-state index contributed by atoms with van der Waals surface area (Å²) in [6.07, 6.45) is -4.11. The van der Waals surface area contributed by atoms with Gasteiger partial charge in [-0.25, -0.2) is 0 Å². The van der Waals surface area contributed by atoms with Gasteiger partial charge in [-0.3, -0.25) is 4.79 Å². The lowest BCUT2D eigenvalue weighted by Crippen LogP contribution is -2.53. The first-order valence-corrected chi connectivity index (χ1v) is 10.3. The van der Waals surface area contributed by atoms with Crippen molar-refractivity contribution in [2.24, 2.45) is 5.92 Å². The Kier molecular flexibility index (Phi) is 5.51. The van der Waals surface area contributed by atoms with Gasteiger partial charge in [0.25, 0.3) is 0 Å². The van der Waals surface area contributed by atoms with E-state index in [1.807, 2.05) is 25.1 Å². The quantitative estimate of drug-likeness (QED) is 0.476. The number of aryl methyl sites for hydroxylation is 1. The Morgan fingerprint density at radius 2 is 1.71 bits per heavy atom. The zero-order chi connectivity index (χ0) is 22.4. The fourth-order valence-corrected chi connectivity index (χ4v) is 4.46. The lowest BCUT2D eigenvalue weighted by atomic mass is 9.81. The van der Waals surface area contributed by atoms with Crippen LogP contribution in [0.1, 0.15) is 40.4 Å². The predicted molar refractivity (Wildman–Crippen MR) is 113 cm³/mol. The minimum absolute atomic E-state index is 0.0340. The second kappa shape index (κ2) is 8.00. The third-order valence-electron chi connectivity index (χ3n) is 6.29. The van der Waals surface area contributed by atoms with Crippen molar-refractivity contribution in [2.75, 3.05) is 0 Å². The van der Waals surface area contributed by atoms with E-state index in [1.54, 1.807) is 13.0 Å². The fraction of sp³-hybridized carbons (Fsp3) is 0.375. The van der Waals surface area contributed by atoms with Gasteiger partial charge in [0, 0.05) is 17.6 Å². The number of phenols is 2. The molecule has 0 saturated heterocycles. The van der Waals surface area contributed by atoms with E-state index in [9.17, 15) is 30.3 Å². The molecule has 0 amide bonds. The topological polar surface area (TPSA) is 127 Å². The number of benzene rings is 2. The number of allylic oxidation sites excluding steroid dienone is 2. The van der Waals surface area contributed by atoms with Crippen molar-refractivity contribution in [2.45, 2.75) is 51.1 Å². The minimum Gasteiger partial charge on any atom is -0.504 e. The van der Waals surface area contributed by atoms with Gasteiger partial charge in [-0.1, -0.05) is 31.2 Å². The van der Waals surface area contributed by atoms with Crippen molar-refractivity contribution in [3.8, 4) is 11.5 Å². The van der Waals surface area contributed by atoms with E-state index >= 15 is 0 Å². The van der Waals surface area contributed by atoms with E-state index in [0.29, 0.717) is 23.1 Å². The molecule has 7 heteroatoms. The van der Waals surface area contributed by atoms with Crippen molar-refractivity contribution in [3.63, 3.8) is 0 Å². The molecule has 2 aromatic carbocycles. The number of fused-ring (bicyclic) bond motifs is 1. The molecule has 2 aliphatic carbocycles. The van der Waals surface area contributed by atoms with E-state index in [1.165, 1.54) is 12.1 Å². The molecule has 164 valence electrons. The summed E-state index contributed by atoms with van der Waals surface area (Å²) < 4.78 is 6.06. The number of aliphatic hydroxyl groups is 3. The number of phenolic OH excluding ortho intramolecular Hbond substituents is 2. The highest BCUT2D eigenvalue weighted by atomic mass is 16.5. The first-order valence-electron chi connectivity index (χ1n) is 10.3. The molecular formula is C24H26O7. The zero-order valence-corrected chi connectivity index (χ0v) is 17.3. The Hall–Kier alpha value is -2.87. The summed E-state index contributed by atoms with van der Waals surface area (Å²) in [5, 5.41) is 50.4. The van der Waals surface area contributed by atoms with Crippen LogP contribution in [-0.4, -0.2) is 55.7 Å². The Balaban J connectivity index is 1.81. The van der Waals surface area contributed by atoms with Crippen molar-refractivity contribution >= 4 is 11.4 Å². The highest BCUT2D eigenvalue weighted by Gasteiger charge is 2.43. The molecule has 7 nitrogen and oxygen atoms in total. The summed E-state index contributed by atoms with van der Waals surface area (Å²) in [6.45, 7) is 3.58. The average molecular weight is 426 g/mol. The number of ether oxygens (including phenoxy) is 1. The second-order valence-corrected chi connectivity index (χ2v) is 8.47. The van der Waals surface area contributed by atoms with Crippen LogP contribution < -0.4 is 0 Å². The van der Waals surface area contributed by atoms with Gasteiger partial charge in [0.2, 0.25) is 5.78 Å². The van der Waals surface area contributed by atoms with Crippen LogP contribution >= 0.6 is 0 Å². The first-order chi connectivity index (χ1) is 14.7. The van der Waals surface area contributed by atoms with Crippen LogP contribution in [0.15, 0.2) is 42.2 Å². The van der Waals surface area contributed by atoms with Gasteiger partial charge in [0.1, 0.15) is 18.3 Å². The van der Waals surface area contributed by atoms with Gasteiger partial charge in [-0.05, 0) is 48.1 Å². The average Bonchev–Trinajstić information content (AvgIpc) is 2.74. The number of ketones is 1. The van der Waals surface area contributed by atoms with Crippen molar-refractivity contribution in [1.29, 1.82) is 0 Å². The van der Waals surface area contributed by atoms with Gasteiger partial charge in [-0.15, -0.1) is 0 Å². The molecule has 0 bridgehead atoms. The fourth-order valence-electron chi connectivity index (χ4n) is 4.46. The maximum absolute atomic E-state index is 13.5. The lowest BCUT2D eigenvalue weighted by molar-refractivity contribution is -0.158. The van der Waals surface area contributed by atoms with E-state index in [-0.39, 0.29) is 35.4 Å². The molecule has 0 radical (unpaired) electrons. The molecule has 0 spiro atoms. The van der Waals surface area contributed by atoms with E-state index < -0.39 is 24.4 Å². The van der Waals surface area contributed by atoms with E-state index in [4.69, 9.17) is 4.74 Å². The number of aromatic hydroxyl groups is 2. The number of aliphatic hydroxyl groups excluding tert-OH is 3. The van der Waals surface area contributed by atoms with Gasteiger partial charge in [-0.2, -0.15) is 0 Å². The highest BCUT2D eigenvalue weighted by molar-refractivity contribution is 6.15. The van der Waals surface area contributed by atoms with Gasteiger partial charge in [0.05, 0.1) is 6.10 Å². The van der Waals surface area contributed by atoms with Crippen molar-refractivity contribution in [3.05, 3.63) is 64.4 Å². The Labute approximate surface area is 179 Å². The molecule has 0 aromatic heterocycles. The molecule has 5 N–H and O–H groups in total. The molecule has 4 rings (SSSR count). The van der Waals surface area contributed by atoms with Crippen LogP contribution in [0.2, 0.25) is 0 Å². The molecule has 1 fully saturated rings. The zero-order valence-electron chi connectivity index (χ0n) is 17.3. The number of rotatable bonds is 3. The lowest BCUT2D eigenvalue weighted by Gasteiger charge is -2.40.